The third-order valence-corrected chi connectivity index (χ3v) is 2.10. The number of nitrogens with one attached hydrogen (secondary N) is 1. The number of aliphatic carboxylic acids is 1. The zero-order valence-electron chi connectivity index (χ0n) is 8.74. The van der Waals surface area contributed by atoms with Crippen molar-refractivity contribution in [1.29, 1.82) is 0 Å². The summed E-state index contributed by atoms with van der Waals surface area (Å²) in [6.07, 6.45) is 1.46. The Morgan fingerprint density at radius 1 is 1.50 bits per heavy atom. The van der Waals surface area contributed by atoms with Gasteiger partial charge in [-0.2, -0.15) is 0 Å². The molecule has 0 saturated carbocycles. The predicted octanol–water partition coefficient (Wildman–Crippen LogP) is 2.31. The molecule has 0 aromatic heterocycles. The van der Waals surface area contributed by atoms with Crippen molar-refractivity contribution in [3.8, 4) is 0 Å². The maximum absolute atomic E-state index is 10.5. The lowest BCUT2D eigenvalue weighted by molar-refractivity contribution is -0.136. The normalized spacial score (nSPS) is 11.2. The largest absolute Gasteiger partial charge is 0.481 e. The van der Waals surface area contributed by atoms with Crippen LogP contribution in [-0.4, -0.2) is 18.2 Å². The fourth-order valence-corrected chi connectivity index (χ4v) is 1.27. The van der Waals surface area contributed by atoms with Crippen molar-refractivity contribution in [2.24, 2.45) is 0 Å². The topological polar surface area (TPSA) is 58.6 Å². The summed E-state index contributed by atoms with van der Waals surface area (Å²) in [4.78, 5) is 15.2. The summed E-state index contributed by atoms with van der Waals surface area (Å²) in [5.41, 5.74) is 4.04. The Balaban J connectivity index is 2.88. The lowest BCUT2D eigenvalue weighted by atomic mass is 10.1. The number of hydroxylamine groups is 1. The second-order valence-electron chi connectivity index (χ2n) is 3.03. The third kappa shape index (κ3) is 3.92. The molecule has 0 radical (unpaired) electrons. The van der Waals surface area contributed by atoms with E-state index in [1.807, 2.05) is 0 Å². The molecule has 0 bridgehead atoms. The molecule has 0 aliphatic carbocycles. The zero-order valence-corrected chi connectivity index (χ0v) is 9.49. The Hall–Kier alpha value is -1.52. The predicted molar refractivity (Wildman–Crippen MR) is 61.8 cm³/mol. The second-order valence-corrected chi connectivity index (χ2v) is 3.47. The molecule has 2 N–H and O–H groups in total. The average Bonchev–Trinajstić information content (AvgIpc) is 2.25. The van der Waals surface area contributed by atoms with Crippen molar-refractivity contribution < 1.29 is 14.7 Å². The molecule has 86 valence electrons. The fraction of sp³-hybridized carbons (Fsp3) is 0.182. The molecule has 4 nitrogen and oxygen atoms in total. The van der Waals surface area contributed by atoms with Crippen LogP contribution in [-0.2, 0) is 9.63 Å². The Bertz CT molecular complexity index is 387. The molecule has 0 heterocycles. The standard InChI is InChI=1S/C11H12ClNO3/c1-16-13-10(6-7-11(14)15)8-2-4-9(12)5-3-8/h2-6,13H,7H2,1H3,(H,14,15). The molecule has 16 heavy (non-hydrogen) atoms. The molecule has 0 unspecified atom stereocenters. The van der Waals surface area contributed by atoms with Crippen LogP contribution >= 0.6 is 11.6 Å². The molecule has 0 amide bonds. The molecule has 0 fully saturated rings. The summed E-state index contributed by atoms with van der Waals surface area (Å²) in [6, 6.07) is 7.01. The van der Waals surface area contributed by atoms with Gasteiger partial charge in [-0.1, -0.05) is 23.7 Å². The number of carbonyl (C=O) groups is 1. The van der Waals surface area contributed by atoms with E-state index in [1.165, 1.54) is 13.2 Å². The van der Waals surface area contributed by atoms with Crippen molar-refractivity contribution >= 4 is 23.3 Å². The van der Waals surface area contributed by atoms with Crippen LogP contribution in [0.2, 0.25) is 5.02 Å². The van der Waals surface area contributed by atoms with E-state index in [9.17, 15) is 4.79 Å². The molecule has 0 saturated heterocycles. The summed E-state index contributed by atoms with van der Waals surface area (Å²) < 4.78 is 0. The van der Waals surface area contributed by atoms with Gasteiger partial charge in [-0.25, -0.2) is 0 Å². The van der Waals surface area contributed by atoms with Crippen LogP contribution in [0.15, 0.2) is 30.3 Å². The van der Waals surface area contributed by atoms with Gasteiger partial charge in [0.25, 0.3) is 0 Å². The Kier molecular flexibility index (Phi) is 4.82. The van der Waals surface area contributed by atoms with E-state index in [1.54, 1.807) is 24.3 Å². The van der Waals surface area contributed by atoms with Crippen LogP contribution in [0, 0.1) is 0 Å². The van der Waals surface area contributed by atoms with Crippen LogP contribution in [0.5, 0.6) is 0 Å². The van der Waals surface area contributed by atoms with E-state index in [0.29, 0.717) is 10.7 Å². The number of benzene rings is 1. The van der Waals surface area contributed by atoms with Gasteiger partial charge in [0.15, 0.2) is 0 Å². The molecule has 0 atom stereocenters. The molecule has 0 aliphatic heterocycles. The summed E-state index contributed by atoms with van der Waals surface area (Å²) in [5, 5.41) is 9.21. The quantitative estimate of drug-likeness (QED) is 0.777. The maximum Gasteiger partial charge on any atom is 0.307 e. The maximum atomic E-state index is 10.5. The van der Waals surface area contributed by atoms with Gasteiger partial charge < -0.3 is 5.11 Å². The summed E-state index contributed by atoms with van der Waals surface area (Å²) in [7, 11) is 1.46. The van der Waals surface area contributed by atoms with Crippen LogP contribution < -0.4 is 5.48 Å². The highest BCUT2D eigenvalue weighted by Crippen LogP contribution is 2.16. The van der Waals surface area contributed by atoms with Gasteiger partial charge in [0, 0.05) is 5.02 Å². The van der Waals surface area contributed by atoms with E-state index in [0.717, 1.165) is 5.56 Å². The van der Waals surface area contributed by atoms with Gasteiger partial charge in [-0.05, 0) is 23.8 Å². The monoisotopic (exact) mass is 241 g/mol. The lowest BCUT2D eigenvalue weighted by Crippen LogP contribution is -2.10. The number of hydrogen-bond donors (Lipinski definition) is 2. The number of hydrogen-bond acceptors (Lipinski definition) is 3. The van der Waals surface area contributed by atoms with Crippen molar-refractivity contribution in [3.63, 3.8) is 0 Å². The van der Waals surface area contributed by atoms with Crippen LogP contribution in [0.1, 0.15) is 12.0 Å². The Labute approximate surface area is 98.4 Å². The van der Waals surface area contributed by atoms with E-state index in [4.69, 9.17) is 21.5 Å². The fourth-order valence-electron chi connectivity index (χ4n) is 1.15. The van der Waals surface area contributed by atoms with Gasteiger partial charge in [0.1, 0.15) is 0 Å². The smallest absolute Gasteiger partial charge is 0.307 e. The SMILES string of the molecule is CONC(=CCC(=O)O)c1ccc(Cl)cc1. The highest BCUT2D eigenvalue weighted by atomic mass is 35.5. The zero-order chi connectivity index (χ0) is 12.0. The molecule has 0 aliphatic rings. The van der Waals surface area contributed by atoms with Gasteiger partial charge >= 0.3 is 5.97 Å². The minimum absolute atomic E-state index is 0.0751. The summed E-state index contributed by atoms with van der Waals surface area (Å²) in [6.45, 7) is 0. The minimum atomic E-state index is -0.899. The number of carboxylic acid groups (broad SMARTS) is 1. The summed E-state index contributed by atoms with van der Waals surface area (Å²) in [5.74, 6) is -0.899. The molecule has 1 aromatic rings. The van der Waals surface area contributed by atoms with Crippen molar-refractivity contribution in [2.75, 3.05) is 7.11 Å². The first-order valence-electron chi connectivity index (χ1n) is 4.60. The van der Waals surface area contributed by atoms with E-state index in [-0.39, 0.29) is 6.42 Å². The lowest BCUT2D eigenvalue weighted by Gasteiger charge is -2.08. The number of carboxylic acids is 1. The third-order valence-electron chi connectivity index (χ3n) is 1.85. The molecule has 5 heteroatoms. The highest BCUT2D eigenvalue weighted by molar-refractivity contribution is 6.30. The molecular weight excluding hydrogens is 230 g/mol. The molecular formula is C11H12ClNO3. The summed E-state index contributed by atoms with van der Waals surface area (Å²) >= 11 is 5.76. The van der Waals surface area contributed by atoms with E-state index in [2.05, 4.69) is 5.48 Å². The first-order chi connectivity index (χ1) is 7.63. The van der Waals surface area contributed by atoms with Gasteiger partial charge in [0.2, 0.25) is 0 Å². The highest BCUT2D eigenvalue weighted by Gasteiger charge is 2.02. The first kappa shape index (κ1) is 12.5. The van der Waals surface area contributed by atoms with Crippen LogP contribution in [0.3, 0.4) is 0 Å². The average molecular weight is 242 g/mol. The van der Waals surface area contributed by atoms with Gasteiger partial charge in [0.05, 0.1) is 19.2 Å². The van der Waals surface area contributed by atoms with Crippen molar-refractivity contribution in [2.45, 2.75) is 6.42 Å². The molecule has 0 spiro atoms. The van der Waals surface area contributed by atoms with Crippen molar-refractivity contribution in [3.05, 3.63) is 40.9 Å². The number of rotatable bonds is 5. The van der Waals surface area contributed by atoms with E-state index >= 15 is 0 Å². The van der Waals surface area contributed by atoms with Crippen LogP contribution in [0.4, 0.5) is 0 Å². The first-order valence-corrected chi connectivity index (χ1v) is 4.98. The second kappa shape index (κ2) is 6.15. The number of halogens is 1. The molecule has 1 rings (SSSR count). The van der Waals surface area contributed by atoms with Crippen LogP contribution in [0.25, 0.3) is 5.70 Å². The van der Waals surface area contributed by atoms with E-state index < -0.39 is 5.97 Å². The molecule has 1 aromatic carbocycles. The van der Waals surface area contributed by atoms with Crippen molar-refractivity contribution in [1.82, 2.24) is 5.48 Å². The van der Waals surface area contributed by atoms with Gasteiger partial charge in [-0.3, -0.25) is 15.1 Å². The Morgan fingerprint density at radius 2 is 2.12 bits per heavy atom. The Morgan fingerprint density at radius 3 is 2.62 bits per heavy atom. The minimum Gasteiger partial charge on any atom is -0.481 e. The van der Waals surface area contributed by atoms with Gasteiger partial charge in [-0.15, -0.1) is 0 Å².